The van der Waals surface area contributed by atoms with Gasteiger partial charge in [-0.15, -0.1) is 0 Å². The maximum absolute atomic E-state index is 9.44. The van der Waals surface area contributed by atoms with Gasteiger partial charge in [0.1, 0.15) is 5.75 Å². The lowest BCUT2D eigenvalue weighted by molar-refractivity contribution is 0.200. The molecule has 1 aliphatic rings. The molecule has 1 aromatic rings. The molecule has 1 heterocycles. The van der Waals surface area contributed by atoms with Gasteiger partial charge in [-0.2, -0.15) is 0 Å². The van der Waals surface area contributed by atoms with Crippen molar-refractivity contribution in [2.24, 2.45) is 0 Å². The van der Waals surface area contributed by atoms with E-state index >= 15 is 0 Å². The first-order chi connectivity index (χ1) is 7.27. The second-order valence-electron chi connectivity index (χ2n) is 3.96. The average Bonchev–Trinajstić information content (AvgIpc) is 2.41. The third-order valence-electron chi connectivity index (χ3n) is 2.52. The topological polar surface area (TPSA) is 32.7 Å². The van der Waals surface area contributed by atoms with Gasteiger partial charge in [-0.3, -0.25) is 0 Å². The predicted molar refractivity (Wildman–Crippen MR) is 60.4 cm³/mol. The molecule has 1 aliphatic heterocycles. The SMILES string of the molecule is CC(O)CN1CCCOc2ccccc21. The normalized spacial score (nSPS) is 17.6. The van der Waals surface area contributed by atoms with Crippen molar-refractivity contribution in [2.75, 3.05) is 24.6 Å². The summed E-state index contributed by atoms with van der Waals surface area (Å²) in [6.45, 7) is 4.18. The number of hydrogen-bond acceptors (Lipinski definition) is 3. The van der Waals surface area contributed by atoms with Crippen LogP contribution in [0.2, 0.25) is 0 Å². The number of rotatable bonds is 2. The molecule has 1 unspecified atom stereocenters. The van der Waals surface area contributed by atoms with Crippen molar-refractivity contribution in [1.82, 2.24) is 0 Å². The minimum atomic E-state index is -0.309. The van der Waals surface area contributed by atoms with E-state index in [4.69, 9.17) is 4.74 Å². The zero-order chi connectivity index (χ0) is 10.7. The van der Waals surface area contributed by atoms with Gasteiger partial charge >= 0.3 is 0 Å². The maximum atomic E-state index is 9.44. The summed E-state index contributed by atoms with van der Waals surface area (Å²) in [5, 5.41) is 9.44. The highest BCUT2D eigenvalue weighted by atomic mass is 16.5. The molecule has 0 aromatic heterocycles. The van der Waals surface area contributed by atoms with Gasteiger partial charge in [0, 0.05) is 13.1 Å². The van der Waals surface area contributed by atoms with E-state index in [9.17, 15) is 5.11 Å². The van der Waals surface area contributed by atoms with E-state index in [-0.39, 0.29) is 6.10 Å². The van der Waals surface area contributed by atoms with Gasteiger partial charge in [-0.05, 0) is 25.5 Å². The number of ether oxygens (including phenoxy) is 1. The van der Waals surface area contributed by atoms with Gasteiger partial charge in [0.05, 0.1) is 18.4 Å². The van der Waals surface area contributed by atoms with Gasteiger partial charge < -0.3 is 14.7 Å². The largest absolute Gasteiger partial charge is 0.491 e. The molecule has 0 saturated heterocycles. The number of aliphatic hydroxyl groups is 1. The van der Waals surface area contributed by atoms with Crippen LogP contribution in [0.15, 0.2) is 24.3 Å². The van der Waals surface area contributed by atoms with Crippen molar-refractivity contribution in [3.63, 3.8) is 0 Å². The Morgan fingerprint density at radius 2 is 2.27 bits per heavy atom. The summed E-state index contributed by atoms with van der Waals surface area (Å²) in [4.78, 5) is 2.19. The standard InChI is InChI=1S/C12H17NO2/c1-10(14)9-13-7-4-8-15-12-6-3-2-5-11(12)13/h2-3,5-6,10,14H,4,7-9H2,1H3. The molecule has 0 saturated carbocycles. The number of benzene rings is 1. The third-order valence-corrected chi connectivity index (χ3v) is 2.52. The van der Waals surface area contributed by atoms with Crippen LogP contribution in [0.25, 0.3) is 0 Å². The fraction of sp³-hybridized carbons (Fsp3) is 0.500. The second-order valence-corrected chi connectivity index (χ2v) is 3.96. The fourth-order valence-electron chi connectivity index (χ4n) is 1.91. The lowest BCUT2D eigenvalue weighted by Crippen LogP contribution is -2.31. The van der Waals surface area contributed by atoms with Crippen LogP contribution >= 0.6 is 0 Å². The average molecular weight is 207 g/mol. The molecule has 0 fully saturated rings. The zero-order valence-electron chi connectivity index (χ0n) is 9.02. The Bertz CT molecular complexity index is 325. The first kappa shape index (κ1) is 10.3. The first-order valence-corrected chi connectivity index (χ1v) is 5.42. The molecule has 3 nitrogen and oxygen atoms in total. The summed E-state index contributed by atoms with van der Waals surface area (Å²) < 4.78 is 5.64. The summed E-state index contributed by atoms with van der Waals surface area (Å²) in [6.07, 6.45) is 0.692. The number of hydrogen-bond donors (Lipinski definition) is 1. The van der Waals surface area contributed by atoms with Crippen molar-refractivity contribution in [3.05, 3.63) is 24.3 Å². The Morgan fingerprint density at radius 3 is 3.07 bits per heavy atom. The Kier molecular flexibility index (Phi) is 3.11. The van der Waals surface area contributed by atoms with Crippen molar-refractivity contribution < 1.29 is 9.84 Å². The van der Waals surface area contributed by atoms with Crippen LogP contribution in [-0.4, -0.2) is 30.9 Å². The van der Waals surface area contributed by atoms with E-state index in [0.29, 0.717) is 6.54 Å². The number of aliphatic hydroxyl groups excluding tert-OH is 1. The molecule has 1 atom stereocenters. The molecule has 1 aromatic carbocycles. The monoisotopic (exact) mass is 207 g/mol. The molecule has 15 heavy (non-hydrogen) atoms. The van der Waals surface area contributed by atoms with Crippen LogP contribution in [0, 0.1) is 0 Å². The summed E-state index contributed by atoms with van der Waals surface area (Å²) in [6, 6.07) is 8.01. The molecule has 1 N–H and O–H groups in total. The Labute approximate surface area is 90.3 Å². The molecule has 0 spiro atoms. The smallest absolute Gasteiger partial charge is 0.142 e. The zero-order valence-corrected chi connectivity index (χ0v) is 9.02. The van der Waals surface area contributed by atoms with Crippen molar-refractivity contribution in [2.45, 2.75) is 19.4 Å². The Hall–Kier alpha value is -1.22. The molecule has 0 amide bonds. The number of anilines is 1. The van der Waals surface area contributed by atoms with Crippen LogP contribution in [0.3, 0.4) is 0 Å². The van der Waals surface area contributed by atoms with Gasteiger partial charge in [0.15, 0.2) is 0 Å². The first-order valence-electron chi connectivity index (χ1n) is 5.42. The third kappa shape index (κ3) is 2.42. The van der Waals surface area contributed by atoms with Crippen molar-refractivity contribution in [1.29, 1.82) is 0 Å². The molecule has 82 valence electrons. The molecule has 0 radical (unpaired) electrons. The predicted octanol–water partition coefficient (Wildman–Crippen LogP) is 1.66. The number of para-hydroxylation sites is 2. The molecule has 3 heteroatoms. The van der Waals surface area contributed by atoms with Gasteiger partial charge in [0.2, 0.25) is 0 Å². The molecular weight excluding hydrogens is 190 g/mol. The number of β-amino-alcohol motifs (C(OH)–C–C–N with tert-alkyl or cyclic N) is 1. The maximum Gasteiger partial charge on any atom is 0.142 e. The Morgan fingerprint density at radius 1 is 1.47 bits per heavy atom. The van der Waals surface area contributed by atoms with E-state index in [2.05, 4.69) is 4.90 Å². The second kappa shape index (κ2) is 4.53. The molecule has 0 aliphatic carbocycles. The van der Waals surface area contributed by atoms with E-state index in [1.165, 1.54) is 0 Å². The molecule has 2 rings (SSSR count). The van der Waals surface area contributed by atoms with Gasteiger partial charge in [0.25, 0.3) is 0 Å². The van der Waals surface area contributed by atoms with Gasteiger partial charge in [-0.25, -0.2) is 0 Å². The fourth-order valence-corrected chi connectivity index (χ4v) is 1.91. The molecular formula is C12H17NO2. The van der Waals surface area contributed by atoms with Crippen LogP contribution in [-0.2, 0) is 0 Å². The van der Waals surface area contributed by atoms with E-state index in [0.717, 1.165) is 31.0 Å². The summed E-state index contributed by atoms with van der Waals surface area (Å²) in [7, 11) is 0. The Balaban J connectivity index is 2.24. The number of nitrogens with zero attached hydrogens (tertiary/aromatic N) is 1. The lowest BCUT2D eigenvalue weighted by Gasteiger charge is -2.24. The summed E-state index contributed by atoms with van der Waals surface area (Å²) >= 11 is 0. The highest BCUT2D eigenvalue weighted by Gasteiger charge is 2.16. The quantitative estimate of drug-likeness (QED) is 0.800. The van der Waals surface area contributed by atoms with E-state index in [1.54, 1.807) is 0 Å². The highest BCUT2D eigenvalue weighted by molar-refractivity contribution is 5.58. The minimum absolute atomic E-state index is 0.309. The van der Waals surface area contributed by atoms with Crippen LogP contribution in [0.1, 0.15) is 13.3 Å². The lowest BCUT2D eigenvalue weighted by atomic mass is 10.2. The van der Waals surface area contributed by atoms with Gasteiger partial charge in [-0.1, -0.05) is 12.1 Å². The summed E-state index contributed by atoms with van der Waals surface area (Å²) in [5.41, 5.74) is 1.09. The minimum Gasteiger partial charge on any atom is -0.491 e. The van der Waals surface area contributed by atoms with Crippen molar-refractivity contribution in [3.8, 4) is 5.75 Å². The van der Waals surface area contributed by atoms with E-state index in [1.807, 2.05) is 31.2 Å². The van der Waals surface area contributed by atoms with Crippen LogP contribution in [0.5, 0.6) is 5.75 Å². The van der Waals surface area contributed by atoms with E-state index < -0.39 is 0 Å². The highest BCUT2D eigenvalue weighted by Crippen LogP contribution is 2.30. The van der Waals surface area contributed by atoms with Crippen LogP contribution in [0.4, 0.5) is 5.69 Å². The number of fused-ring (bicyclic) bond motifs is 1. The molecule has 0 bridgehead atoms. The van der Waals surface area contributed by atoms with Crippen LogP contribution < -0.4 is 9.64 Å². The summed E-state index contributed by atoms with van der Waals surface area (Å²) in [5.74, 6) is 0.927. The van der Waals surface area contributed by atoms with Crippen molar-refractivity contribution >= 4 is 5.69 Å².